The minimum absolute atomic E-state index is 0.0686. The number of carbonyl (C=O) groups is 1. The minimum Gasteiger partial charge on any atom is -0.396 e. The zero-order valence-corrected chi connectivity index (χ0v) is 6.92. The highest BCUT2D eigenvalue weighted by Crippen LogP contribution is 1.92. The van der Waals surface area contributed by atoms with Gasteiger partial charge in [0.05, 0.1) is 0 Å². The van der Waals surface area contributed by atoms with Crippen LogP contribution in [0, 0.1) is 0 Å². The number of likely N-dealkylation sites (N-methyl/N-ethyl adjacent to an activating group) is 1. The Hall–Kier alpha value is -0.830. The van der Waals surface area contributed by atoms with Gasteiger partial charge in [0.15, 0.2) is 0 Å². The van der Waals surface area contributed by atoms with Crippen LogP contribution in [0.1, 0.15) is 13.3 Å². The van der Waals surface area contributed by atoms with Crippen molar-refractivity contribution in [2.24, 2.45) is 0 Å². The highest BCUT2D eigenvalue weighted by molar-refractivity contribution is 5.86. The molecule has 0 spiro atoms. The molecule has 0 saturated heterocycles. The predicted octanol–water partition coefficient (Wildman–Crippen LogP) is 0.403. The first-order valence-electron chi connectivity index (χ1n) is 3.78. The molecule has 64 valence electrons. The Morgan fingerprint density at radius 2 is 2.36 bits per heavy atom. The summed E-state index contributed by atoms with van der Waals surface area (Å²) in [6.45, 7) is 6.69. The van der Waals surface area contributed by atoms with Gasteiger partial charge in [-0.25, -0.2) is 0 Å². The Labute approximate surface area is 67.3 Å². The summed E-state index contributed by atoms with van der Waals surface area (Å²) in [5.41, 5.74) is 0. The second-order valence-electron chi connectivity index (χ2n) is 2.20. The molecule has 0 rings (SSSR count). The molecule has 0 atom stereocenters. The lowest BCUT2D eigenvalue weighted by molar-refractivity contribution is -0.125. The number of aliphatic hydroxyl groups is 1. The fourth-order valence-electron chi connectivity index (χ4n) is 0.815. The van der Waals surface area contributed by atoms with Crippen molar-refractivity contribution in [3.63, 3.8) is 0 Å². The molecule has 0 aliphatic rings. The summed E-state index contributed by atoms with van der Waals surface area (Å²) in [4.78, 5) is 12.6. The number of rotatable bonds is 5. The van der Waals surface area contributed by atoms with E-state index in [0.29, 0.717) is 19.5 Å². The van der Waals surface area contributed by atoms with Crippen LogP contribution in [-0.4, -0.2) is 35.6 Å². The quantitative estimate of drug-likeness (QED) is 0.587. The lowest BCUT2D eigenvalue weighted by Crippen LogP contribution is -2.30. The van der Waals surface area contributed by atoms with E-state index in [-0.39, 0.29) is 12.5 Å². The summed E-state index contributed by atoms with van der Waals surface area (Å²) in [6.07, 6.45) is 1.92. The van der Waals surface area contributed by atoms with Crippen molar-refractivity contribution in [3.05, 3.63) is 12.7 Å². The topological polar surface area (TPSA) is 40.5 Å². The van der Waals surface area contributed by atoms with Crippen LogP contribution < -0.4 is 0 Å². The van der Waals surface area contributed by atoms with E-state index in [4.69, 9.17) is 5.11 Å². The van der Waals surface area contributed by atoms with Crippen molar-refractivity contribution in [3.8, 4) is 0 Å². The Kier molecular flexibility index (Phi) is 5.47. The first kappa shape index (κ1) is 10.2. The minimum atomic E-state index is -0.0686. The van der Waals surface area contributed by atoms with Crippen molar-refractivity contribution in [1.29, 1.82) is 0 Å². The van der Waals surface area contributed by atoms with Gasteiger partial charge in [0.25, 0.3) is 0 Å². The maximum atomic E-state index is 11.0. The van der Waals surface area contributed by atoms with E-state index in [9.17, 15) is 4.79 Å². The molecule has 0 bridgehead atoms. The fraction of sp³-hybridized carbons (Fsp3) is 0.625. The molecule has 0 aliphatic heterocycles. The van der Waals surface area contributed by atoms with Crippen LogP contribution >= 0.6 is 0 Å². The third kappa shape index (κ3) is 3.78. The second-order valence-corrected chi connectivity index (χ2v) is 2.20. The first-order valence-corrected chi connectivity index (χ1v) is 3.78. The van der Waals surface area contributed by atoms with E-state index in [1.165, 1.54) is 6.08 Å². The molecule has 0 aromatic heterocycles. The van der Waals surface area contributed by atoms with Gasteiger partial charge in [-0.1, -0.05) is 6.58 Å². The molecule has 1 N–H and O–H groups in total. The van der Waals surface area contributed by atoms with Crippen molar-refractivity contribution >= 4 is 5.91 Å². The maximum absolute atomic E-state index is 11.0. The van der Waals surface area contributed by atoms with Gasteiger partial charge >= 0.3 is 0 Å². The molecule has 1 amide bonds. The lowest BCUT2D eigenvalue weighted by atomic mass is 10.3. The molecule has 3 nitrogen and oxygen atoms in total. The molecule has 0 aromatic carbocycles. The maximum Gasteiger partial charge on any atom is 0.245 e. The lowest BCUT2D eigenvalue weighted by Gasteiger charge is -2.17. The molecule has 3 heteroatoms. The van der Waals surface area contributed by atoms with E-state index in [2.05, 4.69) is 6.58 Å². The largest absolute Gasteiger partial charge is 0.396 e. The number of nitrogens with zero attached hydrogens (tertiary/aromatic N) is 1. The molecule has 0 fully saturated rings. The summed E-state index contributed by atoms with van der Waals surface area (Å²) in [5.74, 6) is -0.0686. The molecular weight excluding hydrogens is 142 g/mol. The first-order chi connectivity index (χ1) is 5.26. The summed E-state index contributed by atoms with van der Waals surface area (Å²) >= 11 is 0. The summed E-state index contributed by atoms with van der Waals surface area (Å²) in [5, 5.41) is 8.50. The molecule has 0 saturated carbocycles. The third-order valence-corrected chi connectivity index (χ3v) is 1.45. The second kappa shape index (κ2) is 5.92. The van der Waals surface area contributed by atoms with Crippen LogP contribution in [-0.2, 0) is 4.79 Å². The highest BCUT2D eigenvalue weighted by Gasteiger charge is 2.05. The molecule has 0 heterocycles. The monoisotopic (exact) mass is 157 g/mol. The normalized spacial score (nSPS) is 9.27. The van der Waals surface area contributed by atoms with Crippen molar-refractivity contribution < 1.29 is 9.90 Å². The van der Waals surface area contributed by atoms with Crippen LogP contribution in [0.4, 0.5) is 0 Å². The SMILES string of the molecule is C=CC(=O)N(CC)CCCO. The average Bonchev–Trinajstić information content (AvgIpc) is 2.05. The van der Waals surface area contributed by atoms with E-state index >= 15 is 0 Å². The number of aliphatic hydroxyl groups excluding tert-OH is 1. The fourth-order valence-corrected chi connectivity index (χ4v) is 0.815. The predicted molar refractivity (Wildman–Crippen MR) is 44.2 cm³/mol. The number of carbonyl (C=O) groups excluding carboxylic acids is 1. The Morgan fingerprint density at radius 3 is 2.73 bits per heavy atom. The highest BCUT2D eigenvalue weighted by atomic mass is 16.3. The van der Waals surface area contributed by atoms with E-state index < -0.39 is 0 Å². The van der Waals surface area contributed by atoms with E-state index in [0.717, 1.165) is 0 Å². The van der Waals surface area contributed by atoms with Crippen LogP contribution in [0.15, 0.2) is 12.7 Å². The van der Waals surface area contributed by atoms with Gasteiger partial charge in [0.1, 0.15) is 0 Å². The van der Waals surface area contributed by atoms with Gasteiger partial charge in [-0.2, -0.15) is 0 Å². The molecule has 0 radical (unpaired) electrons. The van der Waals surface area contributed by atoms with Crippen LogP contribution in [0.3, 0.4) is 0 Å². The van der Waals surface area contributed by atoms with Gasteiger partial charge in [0.2, 0.25) is 5.91 Å². The van der Waals surface area contributed by atoms with Crippen LogP contribution in [0.5, 0.6) is 0 Å². The molecule has 0 unspecified atom stereocenters. The third-order valence-electron chi connectivity index (χ3n) is 1.45. The number of amides is 1. The summed E-state index contributed by atoms with van der Waals surface area (Å²) in [7, 11) is 0. The Morgan fingerprint density at radius 1 is 1.73 bits per heavy atom. The summed E-state index contributed by atoms with van der Waals surface area (Å²) < 4.78 is 0. The smallest absolute Gasteiger partial charge is 0.245 e. The average molecular weight is 157 g/mol. The van der Waals surface area contributed by atoms with Gasteiger partial charge < -0.3 is 10.0 Å². The Balaban J connectivity index is 3.74. The van der Waals surface area contributed by atoms with E-state index in [1.54, 1.807) is 4.90 Å². The standard InChI is InChI=1S/C8H15NO2/c1-3-8(11)9(4-2)6-5-7-10/h3,10H,1,4-7H2,2H3. The van der Waals surface area contributed by atoms with Crippen molar-refractivity contribution in [2.45, 2.75) is 13.3 Å². The van der Waals surface area contributed by atoms with Gasteiger partial charge in [-0.05, 0) is 19.4 Å². The van der Waals surface area contributed by atoms with Gasteiger partial charge in [-0.3, -0.25) is 4.79 Å². The zero-order valence-electron chi connectivity index (χ0n) is 6.92. The number of hydrogen-bond acceptors (Lipinski definition) is 2. The van der Waals surface area contributed by atoms with Crippen LogP contribution in [0.2, 0.25) is 0 Å². The molecular formula is C8H15NO2. The zero-order chi connectivity index (χ0) is 8.69. The van der Waals surface area contributed by atoms with Crippen LogP contribution in [0.25, 0.3) is 0 Å². The molecule has 0 aliphatic carbocycles. The van der Waals surface area contributed by atoms with Gasteiger partial charge in [-0.15, -0.1) is 0 Å². The molecule has 0 aromatic rings. The van der Waals surface area contributed by atoms with Gasteiger partial charge in [0, 0.05) is 19.7 Å². The summed E-state index contributed by atoms with van der Waals surface area (Å²) in [6, 6.07) is 0. The Bertz CT molecular complexity index is 134. The van der Waals surface area contributed by atoms with E-state index in [1.807, 2.05) is 6.92 Å². The van der Waals surface area contributed by atoms with Crippen molar-refractivity contribution in [2.75, 3.05) is 19.7 Å². The number of hydrogen-bond donors (Lipinski definition) is 1. The molecule has 11 heavy (non-hydrogen) atoms. The van der Waals surface area contributed by atoms with Crippen molar-refractivity contribution in [1.82, 2.24) is 4.90 Å².